The number of hydrogen-bond donors (Lipinski definition) is 0. The van der Waals surface area contributed by atoms with E-state index in [-0.39, 0.29) is 0 Å². The maximum atomic E-state index is 4.67. The van der Waals surface area contributed by atoms with Crippen molar-refractivity contribution in [3.05, 3.63) is 66.7 Å². The molecule has 0 atom stereocenters. The molecule has 0 saturated carbocycles. The first-order valence-corrected chi connectivity index (χ1v) is 6.58. The van der Waals surface area contributed by atoms with Crippen LogP contribution < -0.4 is 0 Å². The standard InChI is InChI=1S/C17H15N3/c1-2-13-20-17(15-11-7-4-8-12-15)18-16(19-20)14-9-5-3-6-10-14/h2-13H,1H3/b13-2-. The van der Waals surface area contributed by atoms with E-state index in [0.717, 1.165) is 22.8 Å². The maximum Gasteiger partial charge on any atom is 0.182 e. The summed E-state index contributed by atoms with van der Waals surface area (Å²) in [5.41, 5.74) is 2.08. The molecule has 98 valence electrons. The second-order valence-electron chi connectivity index (χ2n) is 4.42. The van der Waals surface area contributed by atoms with Gasteiger partial charge in [-0.15, -0.1) is 5.10 Å². The molecule has 0 aliphatic rings. The first-order chi connectivity index (χ1) is 9.88. The minimum absolute atomic E-state index is 0.738. The third-order valence-electron chi connectivity index (χ3n) is 2.99. The summed E-state index contributed by atoms with van der Waals surface area (Å²) in [5.74, 6) is 1.59. The SMILES string of the molecule is C/C=C\n1nc(-c2ccccc2)nc1-c1ccccc1. The van der Waals surface area contributed by atoms with E-state index >= 15 is 0 Å². The minimum Gasteiger partial charge on any atom is -0.220 e. The average molecular weight is 261 g/mol. The van der Waals surface area contributed by atoms with Gasteiger partial charge in [-0.3, -0.25) is 0 Å². The first kappa shape index (κ1) is 12.4. The molecule has 0 amide bonds. The third kappa shape index (κ3) is 2.38. The molecule has 0 spiro atoms. The Labute approximate surface area is 118 Å². The Bertz CT molecular complexity index is 713. The largest absolute Gasteiger partial charge is 0.220 e. The summed E-state index contributed by atoms with van der Waals surface area (Å²) < 4.78 is 1.82. The van der Waals surface area contributed by atoms with Gasteiger partial charge in [-0.1, -0.05) is 66.7 Å². The molecule has 0 aliphatic carbocycles. The number of benzene rings is 2. The van der Waals surface area contributed by atoms with Crippen LogP contribution in [0.1, 0.15) is 6.92 Å². The molecule has 3 aromatic rings. The van der Waals surface area contributed by atoms with Crippen LogP contribution in [0.3, 0.4) is 0 Å². The summed E-state index contributed by atoms with van der Waals surface area (Å²) in [6.45, 7) is 1.97. The van der Waals surface area contributed by atoms with Crippen LogP contribution in [0, 0.1) is 0 Å². The Morgan fingerprint density at radius 2 is 1.45 bits per heavy atom. The molecule has 2 aromatic carbocycles. The summed E-state index contributed by atoms with van der Waals surface area (Å²) in [7, 11) is 0. The number of nitrogens with zero attached hydrogens (tertiary/aromatic N) is 3. The molecular formula is C17H15N3. The van der Waals surface area contributed by atoms with Crippen molar-refractivity contribution in [3.8, 4) is 22.8 Å². The lowest BCUT2D eigenvalue weighted by molar-refractivity contribution is 0.944. The van der Waals surface area contributed by atoms with Crippen molar-refractivity contribution in [2.45, 2.75) is 6.92 Å². The smallest absolute Gasteiger partial charge is 0.182 e. The summed E-state index contributed by atoms with van der Waals surface area (Å²) in [5, 5.41) is 4.57. The van der Waals surface area contributed by atoms with Crippen molar-refractivity contribution < 1.29 is 0 Å². The molecule has 20 heavy (non-hydrogen) atoms. The van der Waals surface area contributed by atoms with Crippen LogP contribution in [-0.2, 0) is 0 Å². The van der Waals surface area contributed by atoms with Gasteiger partial charge < -0.3 is 0 Å². The highest BCUT2D eigenvalue weighted by Crippen LogP contribution is 2.22. The Kier molecular flexibility index (Phi) is 3.42. The lowest BCUT2D eigenvalue weighted by atomic mass is 10.2. The lowest BCUT2D eigenvalue weighted by Crippen LogP contribution is -1.92. The van der Waals surface area contributed by atoms with Crippen molar-refractivity contribution in [1.82, 2.24) is 14.8 Å². The fraction of sp³-hybridized carbons (Fsp3) is 0.0588. The molecule has 0 aliphatic heterocycles. The van der Waals surface area contributed by atoms with Gasteiger partial charge in [0.15, 0.2) is 11.6 Å². The number of rotatable bonds is 3. The van der Waals surface area contributed by atoms with E-state index in [1.807, 2.05) is 84.5 Å². The van der Waals surface area contributed by atoms with Gasteiger partial charge >= 0.3 is 0 Å². The normalized spacial score (nSPS) is 11.1. The van der Waals surface area contributed by atoms with E-state index in [1.165, 1.54) is 0 Å². The molecule has 0 bridgehead atoms. The zero-order valence-corrected chi connectivity index (χ0v) is 11.3. The molecule has 0 N–H and O–H groups in total. The summed E-state index contributed by atoms with van der Waals surface area (Å²) in [6.07, 6.45) is 3.87. The summed E-state index contributed by atoms with van der Waals surface area (Å²) in [6, 6.07) is 20.1. The van der Waals surface area contributed by atoms with Gasteiger partial charge in [-0.2, -0.15) is 0 Å². The zero-order valence-electron chi connectivity index (χ0n) is 11.3. The van der Waals surface area contributed by atoms with Gasteiger partial charge in [0.2, 0.25) is 0 Å². The molecule has 3 rings (SSSR count). The van der Waals surface area contributed by atoms with E-state index in [2.05, 4.69) is 10.1 Å². The van der Waals surface area contributed by atoms with Crippen molar-refractivity contribution >= 4 is 6.20 Å². The van der Waals surface area contributed by atoms with Crippen LogP contribution in [0.25, 0.3) is 29.0 Å². The molecule has 1 aromatic heterocycles. The van der Waals surface area contributed by atoms with Crippen LogP contribution in [-0.4, -0.2) is 14.8 Å². The first-order valence-electron chi connectivity index (χ1n) is 6.58. The van der Waals surface area contributed by atoms with E-state index in [1.54, 1.807) is 0 Å². The van der Waals surface area contributed by atoms with Gasteiger partial charge in [0.1, 0.15) is 0 Å². The average Bonchev–Trinajstić information content (AvgIpc) is 2.94. The third-order valence-corrected chi connectivity index (χ3v) is 2.99. The second-order valence-corrected chi connectivity index (χ2v) is 4.42. The molecule has 0 saturated heterocycles. The van der Waals surface area contributed by atoms with Gasteiger partial charge in [-0.25, -0.2) is 9.67 Å². The highest BCUT2D eigenvalue weighted by Gasteiger charge is 2.11. The second kappa shape index (κ2) is 5.53. The Morgan fingerprint density at radius 3 is 2.05 bits per heavy atom. The number of hydrogen-bond acceptors (Lipinski definition) is 2. The van der Waals surface area contributed by atoms with Crippen molar-refractivity contribution in [3.63, 3.8) is 0 Å². The lowest BCUT2D eigenvalue weighted by Gasteiger charge is -1.99. The Balaban J connectivity index is 2.13. The maximum absolute atomic E-state index is 4.67. The van der Waals surface area contributed by atoms with Crippen molar-refractivity contribution in [2.24, 2.45) is 0 Å². The van der Waals surface area contributed by atoms with Crippen LogP contribution in [0.2, 0.25) is 0 Å². The van der Waals surface area contributed by atoms with Crippen LogP contribution in [0.5, 0.6) is 0 Å². The highest BCUT2D eigenvalue weighted by atomic mass is 15.3. The topological polar surface area (TPSA) is 30.7 Å². The summed E-state index contributed by atoms with van der Waals surface area (Å²) >= 11 is 0. The molecule has 3 nitrogen and oxygen atoms in total. The zero-order chi connectivity index (χ0) is 13.8. The van der Waals surface area contributed by atoms with Gasteiger partial charge in [0, 0.05) is 17.3 Å². The van der Waals surface area contributed by atoms with Crippen molar-refractivity contribution in [1.29, 1.82) is 0 Å². The van der Waals surface area contributed by atoms with E-state index in [9.17, 15) is 0 Å². The quantitative estimate of drug-likeness (QED) is 0.710. The Hall–Kier alpha value is -2.68. The van der Waals surface area contributed by atoms with E-state index in [4.69, 9.17) is 0 Å². The Morgan fingerprint density at radius 1 is 0.850 bits per heavy atom. The van der Waals surface area contributed by atoms with Gasteiger partial charge in [0.25, 0.3) is 0 Å². The van der Waals surface area contributed by atoms with E-state index in [0.29, 0.717) is 0 Å². The van der Waals surface area contributed by atoms with Gasteiger partial charge in [-0.05, 0) is 6.92 Å². The van der Waals surface area contributed by atoms with E-state index < -0.39 is 0 Å². The molecule has 0 radical (unpaired) electrons. The van der Waals surface area contributed by atoms with Crippen LogP contribution in [0.15, 0.2) is 66.7 Å². The predicted molar refractivity (Wildman–Crippen MR) is 81.9 cm³/mol. The van der Waals surface area contributed by atoms with Crippen molar-refractivity contribution in [2.75, 3.05) is 0 Å². The fourth-order valence-electron chi connectivity index (χ4n) is 2.06. The molecule has 3 heteroatoms. The summed E-state index contributed by atoms with van der Waals surface area (Å²) in [4.78, 5) is 4.67. The minimum atomic E-state index is 0.738. The monoisotopic (exact) mass is 261 g/mol. The number of allylic oxidation sites excluding steroid dienone is 1. The van der Waals surface area contributed by atoms with Crippen LogP contribution >= 0.6 is 0 Å². The van der Waals surface area contributed by atoms with Gasteiger partial charge in [0.05, 0.1) is 0 Å². The van der Waals surface area contributed by atoms with Crippen LogP contribution in [0.4, 0.5) is 0 Å². The fourth-order valence-corrected chi connectivity index (χ4v) is 2.06. The molecule has 0 unspecified atom stereocenters. The number of aromatic nitrogens is 3. The predicted octanol–water partition coefficient (Wildman–Crippen LogP) is 4.10. The molecular weight excluding hydrogens is 246 g/mol. The highest BCUT2D eigenvalue weighted by molar-refractivity contribution is 5.63. The molecule has 1 heterocycles. The molecule has 0 fully saturated rings.